The van der Waals surface area contributed by atoms with Gasteiger partial charge in [0.1, 0.15) is 5.82 Å². The van der Waals surface area contributed by atoms with Gasteiger partial charge < -0.3 is 10.1 Å². The Morgan fingerprint density at radius 1 is 1.22 bits per heavy atom. The van der Waals surface area contributed by atoms with Gasteiger partial charge in [0.05, 0.1) is 11.1 Å². The molecule has 2 rings (SSSR count). The van der Waals surface area contributed by atoms with Gasteiger partial charge in [-0.25, -0.2) is 8.78 Å². The highest BCUT2D eigenvalue weighted by Crippen LogP contribution is 2.26. The summed E-state index contributed by atoms with van der Waals surface area (Å²) in [6.45, 7) is 2.37. The van der Waals surface area contributed by atoms with Crippen LogP contribution < -0.4 is 10.1 Å². The van der Waals surface area contributed by atoms with E-state index in [-0.39, 0.29) is 22.6 Å². The summed E-state index contributed by atoms with van der Waals surface area (Å²) in [4.78, 5) is 0. The van der Waals surface area contributed by atoms with Gasteiger partial charge in [-0.3, -0.25) is 0 Å². The van der Waals surface area contributed by atoms with Crippen molar-refractivity contribution in [2.24, 2.45) is 5.92 Å². The molecule has 18 heavy (non-hydrogen) atoms. The molecule has 0 radical (unpaired) electrons. The van der Waals surface area contributed by atoms with Gasteiger partial charge in [0.2, 0.25) is 0 Å². The Labute approximate surface area is 120 Å². The van der Waals surface area contributed by atoms with Crippen LogP contribution in [0.5, 0.6) is 5.75 Å². The van der Waals surface area contributed by atoms with E-state index in [4.69, 9.17) is 4.74 Å². The fourth-order valence-electron chi connectivity index (χ4n) is 1.87. The Morgan fingerprint density at radius 3 is 2.56 bits per heavy atom. The number of piperidine rings is 1. The lowest BCUT2D eigenvalue weighted by Gasteiger charge is -2.22. The van der Waals surface area contributed by atoms with E-state index in [0.717, 1.165) is 38.1 Å². The highest BCUT2D eigenvalue weighted by Gasteiger charge is 2.15. The topological polar surface area (TPSA) is 21.3 Å². The highest BCUT2D eigenvalue weighted by atomic mass is 79.9. The second-order valence-corrected chi connectivity index (χ2v) is 5.06. The Morgan fingerprint density at radius 2 is 1.89 bits per heavy atom. The third-order valence-corrected chi connectivity index (χ3v) is 3.52. The summed E-state index contributed by atoms with van der Waals surface area (Å²) in [5.41, 5.74) is 0. The van der Waals surface area contributed by atoms with E-state index in [1.807, 2.05) is 0 Å². The number of rotatable bonds is 3. The van der Waals surface area contributed by atoms with Crippen molar-refractivity contribution in [2.45, 2.75) is 12.8 Å². The fourth-order valence-corrected chi connectivity index (χ4v) is 2.19. The molecule has 2 nitrogen and oxygen atoms in total. The fraction of sp³-hybridized carbons (Fsp3) is 0.500. The molecule has 1 aliphatic heterocycles. The van der Waals surface area contributed by atoms with Crippen LogP contribution in [0.15, 0.2) is 16.6 Å². The van der Waals surface area contributed by atoms with E-state index in [2.05, 4.69) is 21.2 Å². The lowest BCUT2D eigenvalue weighted by molar-refractivity contribution is 0.207. The predicted molar refractivity (Wildman–Crippen MR) is 72.4 cm³/mol. The normalized spacial score (nSPS) is 16.2. The smallest absolute Gasteiger partial charge is 0.166 e. The van der Waals surface area contributed by atoms with Crippen LogP contribution in [-0.2, 0) is 0 Å². The molecule has 6 heteroatoms. The zero-order chi connectivity index (χ0) is 12.3. The number of benzene rings is 1. The molecule has 0 spiro atoms. The average Bonchev–Trinajstić information content (AvgIpc) is 2.33. The van der Waals surface area contributed by atoms with Gasteiger partial charge in [-0.2, -0.15) is 0 Å². The molecule has 1 heterocycles. The summed E-state index contributed by atoms with van der Waals surface area (Å²) in [5.74, 6) is -0.634. The number of ether oxygens (including phenoxy) is 1. The van der Waals surface area contributed by atoms with Crippen molar-refractivity contribution < 1.29 is 13.5 Å². The van der Waals surface area contributed by atoms with Gasteiger partial charge in [-0.05, 0) is 53.8 Å². The molecule has 0 atom stereocenters. The summed E-state index contributed by atoms with van der Waals surface area (Å²) in [7, 11) is 0. The maximum absolute atomic E-state index is 13.5. The maximum Gasteiger partial charge on any atom is 0.166 e. The number of nitrogens with one attached hydrogen (secondary N) is 1. The van der Waals surface area contributed by atoms with Crippen LogP contribution in [0, 0.1) is 17.6 Å². The average molecular weight is 343 g/mol. The van der Waals surface area contributed by atoms with Crippen LogP contribution in [0.25, 0.3) is 0 Å². The Kier molecular flexibility index (Phi) is 6.32. The zero-order valence-electron chi connectivity index (χ0n) is 9.72. The van der Waals surface area contributed by atoms with E-state index in [1.54, 1.807) is 0 Å². The monoisotopic (exact) mass is 341 g/mol. The van der Waals surface area contributed by atoms with Gasteiger partial charge in [-0.1, -0.05) is 0 Å². The molecule has 0 bridgehead atoms. The van der Waals surface area contributed by atoms with Crippen LogP contribution in [0.4, 0.5) is 8.78 Å². The summed E-state index contributed by atoms with van der Waals surface area (Å²) < 4.78 is 32.1. The van der Waals surface area contributed by atoms with Crippen molar-refractivity contribution in [3.05, 3.63) is 28.2 Å². The van der Waals surface area contributed by atoms with Crippen LogP contribution in [0.3, 0.4) is 0 Å². The van der Waals surface area contributed by atoms with Crippen molar-refractivity contribution in [1.82, 2.24) is 5.32 Å². The van der Waals surface area contributed by atoms with E-state index < -0.39 is 11.6 Å². The summed E-state index contributed by atoms with van der Waals surface area (Å²) in [5, 5.41) is 3.25. The number of hydrogen-bond donors (Lipinski definition) is 1. The molecular weight excluding hydrogens is 327 g/mol. The first-order valence-electron chi connectivity index (χ1n) is 5.65. The molecule has 1 saturated heterocycles. The first kappa shape index (κ1) is 15.7. The van der Waals surface area contributed by atoms with Crippen LogP contribution in [0.2, 0.25) is 0 Å². The standard InChI is InChI=1S/C12H14BrF2NO.ClH/c13-9-5-11(15)12(6-10(9)14)17-7-8-1-3-16-4-2-8;/h5-6,8,16H,1-4,7H2;1H. The van der Waals surface area contributed by atoms with Crippen LogP contribution in [0.1, 0.15) is 12.8 Å². The largest absolute Gasteiger partial charge is 0.490 e. The quantitative estimate of drug-likeness (QED) is 0.849. The van der Waals surface area contributed by atoms with Crippen LogP contribution in [-0.4, -0.2) is 19.7 Å². The maximum atomic E-state index is 13.5. The number of halogens is 4. The lowest BCUT2D eigenvalue weighted by atomic mass is 9.99. The van der Waals surface area contributed by atoms with E-state index in [1.165, 1.54) is 0 Å². The minimum absolute atomic E-state index is 0. The van der Waals surface area contributed by atoms with Crippen LogP contribution >= 0.6 is 28.3 Å². The molecule has 1 aromatic carbocycles. The molecule has 0 saturated carbocycles. The first-order chi connectivity index (χ1) is 8.16. The minimum atomic E-state index is -0.535. The van der Waals surface area contributed by atoms with E-state index >= 15 is 0 Å². The minimum Gasteiger partial charge on any atom is -0.490 e. The third-order valence-electron chi connectivity index (χ3n) is 2.91. The SMILES string of the molecule is Cl.Fc1cc(OCC2CCNCC2)c(F)cc1Br. The van der Waals surface area contributed by atoms with Crippen molar-refractivity contribution in [2.75, 3.05) is 19.7 Å². The van der Waals surface area contributed by atoms with Gasteiger partial charge in [-0.15, -0.1) is 12.4 Å². The third kappa shape index (κ3) is 4.07. The highest BCUT2D eigenvalue weighted by molar-refractivity contribution is 9.10. The molecule has 0 aromatic heterocycles. The molecule has 0 amide bonds. The second-order valence-electron chi connectivity index (χ2n) is 4.20. The predicted octanol–water partition coefficient (Wildman–Crippen LogP) is 3.53. The number of hydrogen-bond acceptors (Lipinski definition) is 2. The molecule has 1 N–H and O–H groups in total. The summed E-state index contributed by atoms with van der Waals surface area (Å²) >= 11 is 2.93. The van der Waals surface area contributed by atoms with E-state index in [0.29, 0.717) is 12.5 Å². The summed E-state index contributed by atoms with van der Waals surface area (Å²) in [6, 6.07) is 2.17. The van der Waals surface area contributed by atoms with Gasteiger partial charge in [0.25, 0.3) is 0 Å². The van der Waals surface area contributed by atoms with Crippen molar-refractivity contribution in [3.63, 3.8) is 0 Å². The van der Waals surface area contributed by atoms with Gasteiger partial charge in [0, 0.05) is 6.07 Å². The Balaban J connectivity index is 0.00000162. The van der Waals surface area contributed by atoms with Crippen molar-refractivity contribution in [3.8, 4) is 5.75 Å². The second kappa shape index (κ2) is 7.26. The molecule has 0 aliphatic carbocycles. The lowest BCUT2D eigenvalue weighted by Crippen LogP contribution is -2.30. The Bertz CT molecular complexity index is 400. The van der Waals surface area contributed by atoms with Gasteiger partial charge >= 0.3 is 0 Å². The molecule has 1 fully saturated rings. The van der Waals surface area contributed by atoms with E-state index in [9.17, 15) is 8.78 Å². The summed E-state index contributed by atoms with van der Waals surface area (Å²) in [6.07, 6.45) is 2.03. The van der Waals surface area contributed by atoms with Gasteiger partial charge in [0.15, 0.2) is 11.6 Å². The zero-order valence-corrected chi connectivity index (χ0v) is 12.1. The Hall–Kier alpha value is -0.390. The molecule has 0 unspecified atom stereocenters. The molecular formula is C12H15BrClF2NO. The molecule has 1 aliphatic rings. The van der Waals surface area contributed by atoms with Crippen molar-refractivity contribution >= 4 is 28.3 Å². The van der Waals surface area contributed by atoms with Crippen molar-refractivity contribution in [1.29, 1.82) is 0 Å². The molecule has 102 valence electrons. The molecule has 1 aromatic rings. The first-order valence-corrected chi connectivity index (χ1v) is 6.44.